The Labute approximate surface area is 176 Å². The highest BCUT2D eigenvalue weighted by Gasteiger charge is 2.51. The number of benzene rings is 2. The monoisotopic (exact) mass is 416 g/mol. The molecule has 1 heterocycles. The maximum Gasteiger partial charge on any atom is 0.494 e. The van der Waals surface area contributed by atoms with Crippen LogP contribution in [0.3, 0.4) is 0 Å². The third-order valence-electron chi connectivity index (χ3n) is 5.08. The summed E-state index contributed by atoms with van der Waals surface area (Å²) in [7, 11) is -0.310. The first-order valence-corrected chi connectivity index (χ1v) is 11.2. The zero-order valence-corrected chi connectivity index (χ0v) is 18.9. The fourth-order valence-corrected chi connectivity index (χ4v) is 4.73. The van der Waals surface area contributed by atoms with Crippen LogP contribution in [-0.4, -0.2) is 21.8 Å². The molecule has 0 aliphatic carbocycles. The summed E-state index contributed by atoms with van der Waals surface area (Å²) < 4.78 is 13.2. The largest absolute Gasteiger partial charge is 0.494 e. The summed E-state index contributed by atoms with van der Waals surface area (Å²) in [5.74, 6) is 0.862. The molecule has 0 saturated carbocycles. The van der Waals surface area contributed by atoms with Crippen molar-refractivity contribution in [1.82, 2.24) is 0 Å². The first-order valence-electron chi connectivity index (χ1n) is 9.02. The minimum absolute atomic E-state index is 0.310. The standard InChI is InChI=1S/C21H25BO2S3/c1-15-6-12-18(13-7-15)27-19(25)26-14-16-8-10-17(11-9-16)22-23-20(2,3)21(4,5)24-22/h6-13H,14H2,1-5H3. The second kappa shape index (κ2) is 8.30. The molecule has 2 nitrogen and oxygen atoms in total. The van der Waals surface area contributed by atoms with Gasteiger partial charge in [0.1, 0.15) is 3.53 Å². The van der Waals surface area contributed by atoms with Gasteiger partial charge in [0.05, 0.1) is 11.2 Å². The average Bonchev–Trinajstić information content (AvgIpc) is 2.83. The first kappa shape index (κ1) is 20.9. The molecule has 2 aromatic rings. The van der Waals surface area contributed by atoms with Crippen molar-refractivity contribution in [2.24, 2.45) is 0 Å². The fourth-order valence-electron chi connectivity index (χ4n) is 2.62. The Morgan fingerprint density at radius 1 is 0.926 bits per heavy atom. The van der Waals surface area contributed by atoms with E-state index in [2.05, 4.69) is 83.1 Å². The summed E-state index contributed by atoms with van der Waals surface area (Å²) >= 11 is 8.86. The number of thioether (sulfide) groups is 2. The van der Waals surface area contributed by atoms with Crippen LogP contribution in [-0.2, 0) is 15.1 Å². The molecule has 1 fully saturated rings. The van der Waals surface area contributed by atoms with Gasteiger partial charge in [0.25, 0.3) is 0 Å². The zero-order valence-electron chi connectivity index (χ0n) is 16.4. The van der Waals surface area contributed by atoms with Gasteiger partial charge in [-0.3, -0.25) is 0 Å². The molecule has 0 bridgehead atoms. The van der Waals surface area contributed by atoms with E-state index in [0.717, 1.165) is 14.7 Å². The van der Waals surface area contributed by atoms with Crippen molar-refractivity contribution in [3.05, 3.63) is 59.7 Å². The molecule has 0 atom stereocenters. The number of aryl methyl sites for hydroxylation is 1. The number of hydrogen-bond donors (Lipinski definition) is 0. The van der Waals surface area contributed by atoms with E-state index < -0.39 is 0 Å². The van der Waals surface area contributed by atoms with Crippen LogP contribution in [0.15, 0.2) is 53.4 Å². The molecule has 0 amide bonds. The minimum Gasteiger partial charge on any atom is -0.399 e. The van der Waals surface area contributed by atoms with Crippen molar-refractivity contribution in [1.29, 1.82) is 0 Å². The van der Waals surface area contributed by atoms with Crippen LogP contribution in [0.1, 0.15) is 38.8 Å². The summed E-state index contributed by atoms with van der Waals surface area (Å²) in [5.41, 5.74) is 2.93. The zero-order chi connectivity index (χ0) is 19.7. The van der Waals surface area contributed by atoms with E-state index in [0.29, 0.717) is 0 Å². The lowest BCUT2D eigenvalue weighted by Gasteiger charge is -2.32. The molecule has 1 aliphatic rings. The van der Waals surface area contributed by atoms with Gasteiger partial charge in [0.2, 0.25) is 0 Å². The Morgan fingerprint density at radius 2 is 1.48 bits per heavy atom. The van der Waals surface area contributed by atoms with Gasteiger partial charge >= 0.3 is 7.12 Å². The molecule has 3 rings (SSSR count). The highest BCUT2D eigenvalue weighted by atomic mass is 32.2. The second-order valence-electron chi connectivity index (χ2n) is 7.78. The van der Waals surface area contributed by atoms with Crippen LogP contribution in [0.2, 0.25) is 0 Å². The Kier molecular flexibility index (Phi) is 6.43. The second-order valence-corrected chi connectivity index (χ2v) is 11.0. The molecule has 27 heavy (non-hydrogen) atoms. The van der Waals surface area contributed by atoms with E-state index >= 15 is 0 Å². The van der Waals surface area contributed by atoms with E-state index in [1.54, 1.807) is 23.5 Å². The molecule has 0 aromatic heterocycles. The van der Waals surface area contributed by atoms with Gasteiger partial charge in [-0.15, -0.1) is 11.8 Å². The summed E-state index contributed by atoms with van der Waals surface area (Å²) in [6, 6.07) is 16.9. The van der Waals surface area contributed by atoms with Crippen LogP contribution in [0.5, 0.6) is 0 Å². The molecule has 1 aliphatic heterocycles. The summed E-state index contributed by atoms with van der Waals surface area (Å²) in [6.07, 6.45) is 0. The van der Waals surface area contributed by atoms with Crippen molar-refractivity contribution < 1.29 is 9.31 Å². The van der Waals surface area contributed by atoms with Crippen LogP contribution in [0.4, 0.5) is 0 Å². The van der Waals surface area contributed by atoms with Gasteiger partial charge in [-0.1, -0.05) is 65.9 Å². The third kappa shape index (κ3) is 5.18. The molecule has 0 unspecified atom stereocenters. The summed E-state index contributed by atoms with van der Waals surface area (Å²) in [5, 5.41) is 0. The lowest BCUT2D eigenvalue weighted by Crippen LogP contribution is -2.41. The lowest BCUT2D eigenvalue weighted by atomic mass is 9.79. The van der Waals surface area contributed by atoms with Gasteiger partial charge in [-0.2, -0.15) is 0 Å². The highest BCUT2D eigenvalue weighted by Crippen LogP contribution is 2.36. The number of rotatable bonds is 4. The molecule has 6 heteroatoms. The van der Waals surface area contributed by atoms with E-state index in [1.807, 2.05) is 0 Å². The SMILES string of the molecule is Cc1ccc(SC(=S)SCc2ccc(B3OC(C)(C)C(C)(C)O3)cc2)cc1. The normalized spacial score (nSPS) is 17.9. The van der Waals surface area contributed by atoms with E-state index in [-0.39, 0.29) is 18.3 Å². The molecule has 142 valence electrons. The quantitative estimate of drug-likeness (QED) is 0.366. The fraction of sp³-hybridized carbons (Fsp3) is 0.381. The topological polar surface area (TPSA) is 18.5 Å². The smallest absolute Gasteiger partial charge is 0.399 e. The Balaban J connectivity index is 1.54. The van der Waals surface area contributed by atoms with Crippen molar-refractivity contribution in [3.8, 4) is 0 Å². The van der Waals surface area contributed by atoms with Gasteiger partial charge in [-0.05, 0) is 57.8 Å². The average molecular weight is 416 g/mol. The maximum atomic E-state index is 6.11. The number of thiocarbonyl (C=S) groups is 1. The maximum absolute atomic E-state index is 6.11. The Morgan fingerprint density at radius 3 is 2.04 bits per heavy atom. The van der Waals surface area contributed by atoms with Gasteiger partial charge in [0, 0.05) is 10.6 Å². The number of hydrogen-bond acceptors (Lipinski definition) is 5. The van der Waals surface area contributed by atoms with E-state index in [1.165, 1.54) is 16.0 Å². The van der Waals surface area contributed by atoms with Crippen molar-refractivity contribution in [2.45, 2.75) is 56.5 Å². The molecule has 1 saturated heterocycles. The van der Waals surface area contributed by atoms with Crippen molar-refractivity contribution in [3.63, 3.8) is 0 Å². The van der Waals surface area contributed by atoms with E-state index in [4.69, 9.17) is 21.5 Å². The van der Waals surface area contributed by atoms with Crippen LogP contribution in [0.25, 0.3) is 0 Å². The van der Waals surface area contributed by atoms with Crippen LogP contribution in [0, 0.1) is 6.92 Å². The van der Waals surface area contributed by atoms with Gasteiger partial charge in [-0.25, -0.2) is 0 Å². The van der Waals surface area contributed by atoms with E-state index in [9.17, 15) is 0 Å². The van der Waals surface area contributed by atoms with Crippen LogP contribution >= 0.6 is 35.7 Å². The molecular weight excluding hydrogens is 391 g/mol. The predicted octanol–water partition coefficient (Wildman–Crippen LogP) is 5.60. The molecule has 0 spiro atoms. The van der Waals surface area contributed by atoms with Crippen molar-refractivity contribution in [2.75, 3.05) is 0 Å². The summed E-state index contributed by atoms with van der Waals surface area (Å²) in [6.45, 7) is 10.4. The third-order valence-corrected chi connectivity index (χ3v) is 7.68. The van der Waals surface area contributed by atoms with Crippen LogP contribution < -0.4 is 5.46 Å². The van der Waals surface area contributed by atoms with Gasteiger partial charge < -0.3 is 9.31 Å². The Hall–Kier alpha value is -0.785. The lowest BCUT2D eigenvalue weighted by molar-refractivity contribution is 0.00578. The highest BCUT2D eigenvalue weighted by molar-refractivity contribution is 8.46. The predicted molar refractivity (Wildman–Crippen MR) is 123 cm³/mol. The van der Waals surface area contributed by atoms with Crippen molar-refractivity contribution >= 4 is 51.9 Å². The minimum atomic E-state index is -0.314. The first-order chi connectivity index (χ1) is 12.7. The van der Waals surface area contributed by atoms with Gasteiger partial charge in [0.15, 0.2) is 0 Å². The molecule has 0 radical (unpaired) electrons. The Bertz CT molecular complexity index is 785. The molecular formula is C21H25BO2S3. The molecule has 0 N–H and O–H groups in total. The molecule has 2 aromatic carbocycles. The summed E-state index contributed by atoms with van der Waals surface area (Å²) in [4.78, 5) is 1.19.